The number of nitrogens with one attached hydrogen (secondary N) is 2. The summed E-state index contributed by atoms with van der Waals surface area (Å²) in [5.74, 6) is 0.00688. The predicted octanol–water partition coefficient (Wildman–Crippen LogP) is 4.08. The van der Waals surface area contributed by atoms with Gasteiger partial charge in [0.1, 0.15) is 23.4 Å². The zero-order valence-corrected chi connectivity index (χ0v) is 21.3. The number of benzene rings is 2. The van der Waals surface area contributed by atoms with E-state index in [4.69, 9.17) is 9.47 Å². The Morgan fingerprint density at radius 2 is 1.78 bits per heavy atom. The van der Waals surface area contributed by atoms with Gasteiger partial charge in [-0.1, -0.05) is 26.0 Å². The van der Waals surface area contributed by atoms with Crippen LogP contribution in [0.5, 0.6) is 11.5 Å². The highest BCUT2D eigenvalue weighted by Gasteiger charge is 2.27. The molecule has 1 atom stereocenters. The first-order valence-electron chi connectivity index (χ1n) is 11.8. The van der Waals surface area contributed by atoms with Crippen molar-refractivity contribution in [2.24, 2.45) is 5.92 Å². The maximum atomic E-state index is 13.5. The highest BCUT2D eigenvalue weighted by Crippen LogP contribution is 2.23. The third-order valence-electron chi connectivity index (χ3n) is 5.90. The van der Waals surface area contributed by atoms with Crippen LogP contribution in [0.3, 0.4) is 0 Å². The Labute approximate surface area is 210 Å². The molecule has 36 heavy (non-hydrogen) atoms. The normalized spacial score (nSPS) is 11.8. The smallest absolute Gasteiger partial charge is 0.252 e. The van der Waals surface area contributed by atoms with Gasteiger partial charge < -0.3 is 19.7 Å². The van der Waals surface area contributed by atoms with E-state index in [0.717, 1.165) is 5.69 Å². The number of hydrogen-bond donors (Lipinski definition) is 2. The molecule has 0 radical (unpaired) electrons. The SMILES string of the molecule is COc1cc(OC)cc(C(=O)NC(C(=O)N(C)CCCc2cc(-c3cccc(F)c3)n[nH]2)C(C)C)c1. The van der Waals surface area contributed by atoms with E-state index >= 15 is 0 Å². The van der Waals surface area contributed by atoms with Gasteiger partial charge in [0.2, 0.25) is 5.91 Å². The summed E-state index contributed by atoms with van der Waals surface area (Å²) < 4.78 is 24.0. The van der Waals surface area contributed by atoms with Crippen molar-refractivity contribution in [3.8, 4) is 22.8 Å². The van der Waals surface area contributed by atoms with Crippen molar-refractivity contribution in [2.75, 3.05) is 27.8 Å². The van der Waals surface area contributed by atoms with Crippen molar-refractivity contribution in [1.29, 1.82) is 0 Å². The Bertz CT molecular complexity index is 1170. The number of H-pyrrole nitrogens is 1. The lowest BCUT2D eigenvalue weighted by atomic mass is 10.0. The van der Waals surface area contributed by atoms with Gasteiger partial charge in [0.15, 0.2) is 0 Å². The number of amides is 2. The van der Waals surface area contributed by atoms with Crippen molar-refractivity contribution in [3.63, 3.8) is 0 Å². The first-order chi connectivity index (χ1) is 17.2. The van der Waals surface area contributed by atoms with Gasteiger partial charge in [-0.05, 0) is 49.1 Å². The summed E-state index contributed by atoms with van der Waals surface area (Å²) in [6.45, 7) is 4.28. The molecule has 0 saturated heterocycles. The molecule has 1 aromatic heterocycles. The van der Waals surface area contributed by atoms with Crippen LogP contribution in [0.4, 0.5) is 4.39 Å². The Morgan fingerprint density at radius 3 is 2.39 bits per heavy atom. The van der Waals surface area contributed by atoms with E-state index in [-0.39, 0.29) is 23.5 Å². The van der Waals surface area contributed by atoms with Crippen LogP contribution < -0.4 is 14.8 Å². The number of carbonyl (C=O) groups excluding carboxylic acids is 2. The van der Waals surface area contributed by atoms with Crippen molar-refractivity contribution in [2.45, 2.75) is 32.7 Å². The molecule has 0 aliphatic heterocycles. The first-order valence-corrected chi connectivity index (χ1v) is 11.8. The summed E-state index contributed by atoms with van der Waals surface area (Å²) in [5.41, 5.74) is 2.62. The molecule has 1 heterocycles. The van der Waals surface area contributed by atoms with Crippen LogP contribution >= 0.6 is 0 Å². The average Bonchev–Trinajstić information content (AvgIpc) is 3.35. The minimum absolute atomic E-state index is 0.113. The number of carbonyl (C=O) groups is 2. The molecule has 0 saturated carbocycles. The van der Waals surface area contributed by atoms with Gasteiger partial charge in [-0.3, -0.25) is 14.7 Å². The molecule has 2 aromatic carbocycles. The summed E-state index contributed by atoms with van der Waals surface area (Å²) in [7, 11) is 4.75. The lowest BCUT2D eigenvalue weighted by Gasteiger charge is -2.27. The molecule has 8 nitrogen and oxygen atoms in total. The quantitative estimate of drug-likeness (QED) is 0.417. The van der Waals surface area contributed by atoms with Crippen LogP contribution in [0.2, 0.25) is 0 Å². The molecule has 3 rings (SSSR count). The Morgan fingerprint density at radius 1 is 1.08 bits per heavy atom. The van der Waals surface area contributed by atoms with E-state index in [1.54, 1.807) is 42.3 Å². The van der Waals surface area contributed by atoms with Crippen molar-refractivity contribution in [3.05, 3.63) is 65.6 Å². The van der Waals surface area contributed by atoms with Crippen LogP contribution in [0.25, 0.3) is 11.3 Å². The molecule has 0 bridgehead atoms. The molecule has 2 N–H and O–H groups in total. The fourth-order valence-corrected chi connectivity index (χ4v) is 3.82. The third-order valence-corrected chi connectivity index (χ3v) is 5.90. The topological polar surface area (TPSA) is 96.5 Å². The van der Waals surface area contributed by atoms with Crippen molar-refractivity contribution < 1.29 is 23.5 Å². The summed E-state index contributed by atoms with van der Waals surface area (Å²) in [5, 5.41) is 10.1. The number of likely N-dealkylation sites (N-methyl/N-ethyl adjacent to an activating group) is 1. The number of aryl methyl sites for hydroxylation is 1. The van der Waals surface area contributed by atoms with E-state index in [0.29, 0.717) is 47.7 Å². The third kappa shape index (κ3) is 6.84. The van der Waals surface area contributed by atoms with E-state index in [1.165, 1.54) is 26.4 Å². The molecule has 192 valence electrons. The zero-order valence-electron chi connectivity index (χ0n) is 21.3. The molecule has 3 aromatic rings. The number of rotatable bonds is 11. The Balaban J connectivity index is 1.58. The second-order valence-electron chi connectivity index (χ2n) is 8.95. The highest BCUT2D eigenvalue weighted by atomic mass is 19.1. The summed E-state index contributed by atoms with van der Waals surface area (Å²) in [4.78, 5) is 27.7. The molecule has 1 unspecified atom stereocenters. The van der Waals surface area contributed by atoms with Gasteiger partial charge in [0.05, 0.1) is 19.9 Å². The largest absolute Gasteiger partial charge is 0.497 e. The molecular formula is C27H33FN4O4. The van der Waals surface area contributed by atoms with Gasteiger partial charge in [0, 0.05) is 36.5 Å². The molecule has 0 aliphatic rings. The van der Waals surface area contributed by atoms with E-state index < -0.39 is 6.04 Å². The van der Waals surface area contributed by atoms with Crippen LogP contribution in [-0.2, 0) is 11.2 Å². The monoisotopic (exact) mass is 496 g/mol. The number of aromatic nitrogens is 2. The number of ether oxygens (including phenoxy) is 2. The average molecular weight is 497 g/mol. The molecule has 0 aliphatic carbocycles. The number of halogens is 1. The highest BCUT2D eigenvalue weighted by molar-refractivity contribution is 5.98. The van der Waals surface area contributed by atoms with E-state index in [1.807, 2.05) is 19.9 Å². The van der Waals surface area contributed by atoms with E-state index in [9.17, 15) is 14.0 Å². The predicted molar refractivity (Wildman–Crippen MR) is 136 cm³/mol. The minimum atomic E-state index is -0.688. The van der Waals surface area contributed by atoms with Gasteiger partial charge in [-0.2, -0.15) is 5.10 Å². The van der Waals surface area contributed by atoms with Crippen molar-refractivity contribution in [1.82, 2.24) is 20.4 Å². The Hall–Kier alpha value is -3.88. The van der Waals surface area contributed by atoms with Crippen LogP contribution in [-0.4, -0.2) is 60.8 Å². The molecular weight excluding hydrogens is 463 g/mol. The second-order valence-corrected chi connectivity index (χ2v) is 8.95. The van der Waals surface area contributed by atoms with Crippen molar-refractivity contribution >= 4 is 11.8 Å². The van der Waals surface area contributed by atoms with Crippen LogP contribution in [0.1, 0.15) is 36.3 Å². The lowest BCUT2D eigenvalue weighted by Crippen LogP contribution is -2.50. The minimum Gasteiger partial charge on any atom is -0.497 e. The maximum absolute atomic E-state index is 13.5. The van der Waals surface area contributed by atoms with Gasteiger partial charge in [-0.15, -0.1) is 0 Å². The summed E-state index contributed by atoms with van der Waals surface area (Å²) in [6.07, 6.45) is 1.36. The van der Waals surface area contributed by atoms with Crippen LogP contribution in [0, 0.1) is 11.7 Å². The molecule has 9 heteroatoms. The van der Waals surface area contributed by atoms with Gasteiger partial charge >= 0.3 is 0 Å². The van der Waals surface area contributed by atoms with Crippen LogP contribution in [0.15, 0.2) is 48.5 Å². The fraction of sp³-hybridized carbons (Fsp3) is 0.370. The van der Waals surface area contributed by atoms with E-state index in [2.05, 4.69) is 15.5 Å². The number of nitrogens with zero attached hydrogens (tertiary/aromatic N) is 2. The van der Waals surface area contributed by atoms with Gasteiger partial charge in [-0.25, -0.2) is 4.39 Å². The molecule has 0 spiro atoms. The first kappa shape index (κ1) is 26.7. The Kier molecular flexibility index (Phi) is 9.05. The molecule has 2 amide bonds. The lowest BCUT2D eigenvalue weighted by molar-refractivity contribution is -0.133. The number of aromatic amines is 1. The fourth-order valence-electron chi connectivity index (χ4n) is 3.82. The summed E-state index contributed by atoms with van der Waals surface area (Å²) >= 11 is 0. The zero-order chi connectivity index (χ0) is 26.2. The number of hydrogen-bond acceptors (Lipinski definition) is 5. The second kappa shape index (κ2) is 12.2. The number of methoxy groups -OCH3 is 2. The summed E-state index contributed by atoms with van der Waals surface area (Å²) in [6, 6.07) is 12.4. The molecule has 0 fully saturated rings. The van der Waals surface area contributed by atoms with Gasteiger partial charge in [0.25, 0.3) is 5.91 Å². The standard InChI is InChI=1S/C27H33FN4O4/c1-17(2)25(29-26(33)19-13-22(35-4)16-23(14-19)36-5)27(34)32(3)11-7-10-21-15-24(31-30-21)18-8-6-9-20(28)12-18/h6,8-9,12-17,25H,7,10-11H2,1-5H3,(H,29,33)(H,30,31). The maximum Gasteiger partial charge on any atom is 0.252 e.